The molecule has 0 aromatic carbocycles. The van der Waals surface area contributed by atoms with Crippen LogP contribution in [0.15, 0.2) is 18.2 Å². The van der Waals surface area contributed by atoms with Crippen LogP contribution in [0.5, 0.6) is 0 Å². The average Bonchev–Trinajstić information content (AvgIpc) is 2.49. The second-order valence-corrected chi connectivity index (χ2v) is 6.44. The first kappa shape index (κ1) is 14.3. The minimum absolute atomic E-state index is 0.603. The summed E-state index contributed by atoms with van der Waals surface area (Å²) in [4.78, 5) is 9.62. The molecule has 20 heavy (non-hydrogen) atoms. The number of nitrogens with zero attached hydrogens (tertiary/aromatic N) is 3. The van der Waals surface area contributed by atoms with Gasteiger partial charge in [0.05, 0.1) is 5.69 Å². The fourth-order valence-corrected chi connectivity index (χ4v) is 3.67. The predicted octanol–water partition coefficient (Wildman–Crippen LogP) is 3.19. The number of aromatic nitrogens is 1. The fourth-order valence-electron chi connectivity index (χ4n) is 3.49. The molecule has 0 aliphatic carbocycles. The van der Waals surface area contributed by atoms with Crippen molar-refractivity contribution in [1.29, 1.82) is 0 Å². The zero-order valence-corrected chi connectivity index (χ0v) is 12.9. The Kier molecular flexibility index (Phi) is 4.92. The summed E-state index contributed by atoms with van der Waals surface area (Å²) in [5.41, 5.74) is 1.09. The Hall–Kier alpha value is -0.640. The number of hydrogen-bond acceptors (Lipinski definition) is 3. The molecule has 3 nitrogen and oxygen atoms in total. The summed E-state index contributed by atoms with van der Waals surface area (Å²) >= 11 is 5.95. The van der Waals surface area contributed by atoms with E-state index >= 15 is 0 Å². The third-order valence-electron chi connectivity index (χ3n) is 4.62. The zero-order valence-electron chi connectivity index (χ0n) is 12.1. The molecule has 1 aromatic rings. The molecule has 0 radical (unpaired) electrons. The summed E-state index contributed by atoms with van der Waals surface area (Å²) in [5.74, 6) is 0. The van der Waals surface area contributed by atoms with Crippen molar-refractivity contribution < 1.29 is 0 Å². The van der Waals surface area contributed by atoms with Crippen LogP contribution in [0, 0.1) is 0 Å². The lowest BCUT2D eigenvalue weighted by molar-refractivity contribution is 0.0891. The molecule has 4 heteroatoms. The molecule has 0 bridgehead atoms. The van der Waals surface area contributed by atoms with Crippen molar-refractivity contribution in [2.75, 3.05) is 26.2 Å². The molecule has 0 saturated carbocycles. The van der Waals surface area contributed by atoms with Gasteiger partial charge in [-0.25, -0.2) is 4.98 Å². The van der Waals surface area contributed by atoms with Crippen molar-refractivity contribution in [3.8, 4) is 0 Å². The van der Waals surface area contributed by atoms with E-state index in [1.807, 2.05) is 12.1 Å². The van der Waals surface area contributed by atoms with E-state index in [0.29, 0.717) is 5.15 Å². The first-order chi connectivity index (χ1) is 9.81. The standard InChI is InChI=1S/C16H24ClN3/c17-16-6-4-5-14(18-16)13-19-11-7-15(8-12-19)20-9-2-1-3-10-20/h4-6,15H,1-3,7-13H2. The summed E-state index contributed by atoms with van der Waals surface area (Å²) in [7, 11) is 0. The Balaban J connectivity index is 1.48. The topological polar surface area (TPSA) is 19.4 Å². The van der Waals surface area contributed by atoms with E-state index in [1.54, 1.807) is 0 Å². The maximum absolute atomic E-state index is 5.95. The second kappa shape index (κ2) is 6.88. The molecule has 0 unspecified atom stereocenters. The molecule has 2 fully saturated rings. The van der Waals surface area contributed by atoms with Gasteiger partial charge in [-0.2, -0.15) is 0 Å². The van der Waals surface area contributed by atoms with Gasteiger partial charge in [-0.3, -0.25) is 4.90 Å². The molecule has 3 rings (SSSR count). The molecular weight excluding hydrogens is 270 g/mol. The van der Waals surface area contributed by atoms with E-state index < -0.39 is 0 Å². The van der Waals surface area contributed by atoms with Crippen LogP contribution in [0.25, 0.3) is 0 Å². The smallest absolute Gasteiger partial charge is 0.129 e. The highest BCUT2D eigenvalue weighted by Crippen LogP contribution is 2.21. The van der Waals surface area contributed by atoms with Gasteiger partial charge in [-0.1, -0.05) is 24.1 Å². The molecule has 3 heterocycles. The van der Waals surface area contributed by atoms with Gasteiger partial charge in [0, 0.05) is 25.7 Å². The molecule has 110 valence electrons. The van der Waals surface area contributed by atoms with Crippen molar-refractivity contribution in [2.24, 2.45) is 0 Å². The third kappa shape index (κ3) is 3.72. The summed E-state index contributed by atoms with van der Waals surface area (Å²) in [6.45, 7) is 5.96. The van der Waals surface area contributed by atoms with Crippen molar-refractivity contribution >= 4 is 11.6 Å². The van der Waals surface area contributed by atoms with Gasteiger partial charge in [0.25, 0.3) is 0 Å². The maximum Gasteiger partial charge on any atom is 0.129 e. The van der Waals surface area contributed by atoms with Crippen LogP contribution >= 0.6 is 11.6 Å². The number of halogens is 1. The lowest BCUT2D eigenvalue weighted by Gasteiger charge is -2.40. The lowest BCUT2D eigenvalue weighted by Crippen LogP contribution is -2.46. The first-order valence-corrected chi connectivity index (χ1v) is 8.27. The van der Waals surface area contributed by atoms with Gasteiger partial charge in [-0.15, -0.1) is 0 Å². The normalized spacial score (nSPS) is 23.1. The molecule has 0 N–H and O–H groups in total. The van der Waals surface area contributed by atoms with E-state index in [2.05, 4.69) is 20.9 Å². The number of rotatable bonds is 3. The minimum atomic E-state index is 0.603. The SMILES string of the molecule is Clc1cccc(CN2CCC(N3CCCCC3)CC2)n1. The van der Waals surface area contributed by atoms with Crippen LogP contribution in [-0.2, 0) is 6.54 Å². The van der Waals surface area contributed by atoms with Crippen LogP contribution in [0.2, 0.25) is 5.15 Å². The summed E-state index contributed by atoms with van der Waals surface area (Å²) in [6, 6.07) is 6.72. The number of piperidine rings is 2. The Labute approximate surface area is 126 Å². The van der Waals surface area contributed by atoms with Gasteiger partial charge < -0.3 is 4.90 Å². The second-order valence-electron chi connectivity index (χ2n) is 6.06. The van der Waals surface area contributed by atoms with E-state index in [4.69, 9.17) is 11.6 Å². The van der Waals surface area contributed by atoms with E-state index in [-0.39, 0.29) is 0 Å². The molecule has 1 aromatic heterocycles. The zero-order chi connectivity index (χ0) is 13.8. The Bertz CT molecular complexity index is 423. The number of hydrogen-bond donors (Lipinski definition) is 0. The predicted molar refractivity (Wildman–Crippen MR) is 83.0 cm³/mol. The van der Waals surface area contributed by atoms with Crippen LogP contribution in [0.4, 0.5) is 0 Å². The summed E-state index contributed by atoms with van der Waals surface area (Å²) in [6.07, 6.45) is 6.83. The van der Waals surface area contributed by atoms with Crippen molar-refractivity contribution in [2.45, 2.75) is 44.7 Å². The van der Waals surface area contributed by atoms with Gasteiger partial charge in [0.2, 0.25) is 0 Å². The molecular formula is C16H24ClN3. The van der Waals surface area contributed by atoms with E-state index in [0.717, 1.165) is 18.3 Å². The number of pyridine rings is 1. The van der Waals surface area contributed by atoms with Crippen molar-refractivity contribution in [3.05, 3.63) is 29.0 Å². The van der Waals surface area contributed by atoms with Crippen molar-refractivity contribution in [3.63, 3.8) is 0 Å². The van der Waals surface area contributed by atoms with Crippen LogP contribution in [-0.4, -0.2) is 47.0 Å². The minimum Gasteiger partial charge on any atom is -0.300 e. The molecule has 0 spiro atoms. The maximum atomic E-state index is 5.95. The molecule has 2 saturated heterocycles. The highest BCUT2D eigenvalue weighted by atomic mass is 35.5. The number of likely N-dealkylation sites (tertiary alicyclic amines) is 2. The first-order valence-electron chi connectivity index (χ1n) is 7.89. The van der Waals surface area contributed by atoms with Gasteiger partial charge in [0.1, 0.15) is 5.15 Å². The largest absolute Gasteiger partial charge is 0.300 e. The van der Waals surface area contributed by atoms with E-state index in [1.165, 1.54) is 58.3 Å². The molecule has 0 atom stereocenters. The molecule has 2 aliphatic rings. The highest BCUT2D eigenvalue weighted by Gasteiger charge is 2.25. The Morgan fingerprint density at radius 2 is 1.80 bits per heavy atom. The summed E-state index contributed by atoms with van der Waals surface area (Å²) in [5, 5.41) is 0.603. The monoisotopic (exact) mass is 293 g/mol. The molecule has 2 aliphatic heterocycles. The summed E-state index contributed by atoms with van der Waals surface area (Å²) < 4.78 is 0. The highest BCUT2D eigenvalue weighted by molar-refractivity contribution is 6.29. The fraction of sp³-hybridized carbons (Fsp3) is 0.688. The van der Waals surface area contributed by atoms with Crippen molar-refractivity contribution in [1.82, 2.24) is 14.8 Å². The van der Waals surface area contributed by atoms with Gasteiger partial charge in [0.15, 0.2) is 0 Å². The van der Waals surface area contributed by atoms with Gasteiger partial charge >= 0.3 is 0 Å². The Morgan fingerprint density at radius 3 is 2.50 bits per heavy atom. The lowest BCUT2D eigenvalue weighted by atomic mass is 10.00. The van der Waals surface area contributed by atoms with Crippen LogP contribution in [0.3, 0.4) is 0 Å². The Morgan fingerprint density at radius 1 is 1.05 bits per heavy atom. The van der Waals surface area contributed by atoms with Gasteiger partial charge in [-0.05, 0) is 50.9 Å². The average molecular weight is 294 g/mol. The van der Waals surface area contributed by atoms with Crippen LogP contribution < -0.4 is 0 Å². The van der Waals surface area contributed by atoms with E-state index in [9.17, 15) is 0 Å². The van der Waals surface area contributed by atoms with Crippen LogP contribution in [0.1, 0.15) is 37.8 Å². The third-order valence-corrected chi connectivity index (χ3v) is 4.83. The molecule has 0 amide bonds. The quantitative estimate of drug-likeness (QED) is 0.798.